The molecular weight excluding hydrogens is 438 g/mol. The monoisotopic (exact) mass is 463 g/mol. The van der Waals surface area contributed by atoms with Gasteiger partial charge in [-0.05, 0) is 51.4 Å². The molecule has 2 aromatic carbocycles. The molecule has 3 aromatic rings. The maximum Gasteiger partial charge on any atom is 0.273 e. The predicted octanol–water partition coefficient (Wildman–Crippen LogP) is 3.85. The second-order valence-corrected chi connectivity index (χ2v) is 8.23. The van der Waals surface area contributed by atoms with E-state index in [-0.39, 0.29) is 24.9 Å². The number of ether oxygens (including phenoxy) is 3. The van der Waals surface area contributed by atoms with Crippen LogP contribution in [0.4, 0.5) is 5.13 Å². The van der Waals surface area contributed by atoms with E-state index in [1.807, 2.05) is 68.4 Å². The van der Waals surface area contributed by atoms with Gasteiger partial charge < -0.3 is 19.1 Å². The molecule has 0 spiro atoms. The number of likely N-dealkylation sites (N-methyl/N-ethyl adjacent to an activating group) is 1. The van der Waals surface area contributed by atoms with Crippen LogP contribution >= 0.6 is 23.7 Å². The fourth-order valence-corrected chi connectivity index (χ4v) is 4.21. The molecule has 9 heteroatoms. The maximum atomic E-state index is 13.4. The summed E-state index contributed by atoms with van der Waals surface area (Å²) in [5, 5.41) is 0.646. The molecule has 7 nitrogen and oxygen atoms in total. The molecule has 0 saturated carbocycles. The first kappa shape index (κ1) is 23.1. The number of fused-ring (bicyclic) bond motifs is 2. The van der Waals surface area contributed by atoms with Crippen LogP contribution < -0.4 is 19.1 Å². The molecule has 166 valence electrons. The van der Waals surface area contributed by atoms with Gasteiger partial charge in [-0.3, -0.25) is 9.69 Å². The molecule has 1 aliphatic heterocycles. The summed E-state index contributed by atoms with van der Waals surface area (Å²) in [4.78, 5) is 21.9. The quantitative estimate of drug-likeness (QED) is 0.530. The number of amides is 1. The van der Waals surface area contributed by atoms with Gasteiger partial charge in [-0.25, -0.2) is 4.98 Å². The Morgan fingerprint density at radius 1 is 1.19 bits per heavy atom. The Morgan fingerprint density at radius 2 is 1.97 bits per heavy atom. The summed E-state index contributed by atoms with van der Waals surface area (Å²) in [6.07, 6.45) is -0.715. The number of hydrogen-bond acceptors (Lipinski definition) is 7. The van der Waals surface area contributed by atoms with Crippen molar-refractivity contribution in [1.82, 2.24) is 9.88 Å². The molecule has 1 aliphatic rings. The zero-order valence-electron chi connectivity index (χ0n) is 17.7. The highest BCUT2D eigenvalue weighted by molar-refractivity contribution is 7.22. The summed E-state index contributed by atoms with van der Waals surface area (Å²) >= 11 is 1.47. The minimum atomic E-state index is -0.715. The molecule has 1 unspecified atom stereocenters. The number of thiazole rings is 1. The van der Waals surface area contributed by atoms with Gasteiger partial charge in [-0.15, -0.1) is 12.4 Å². The van der Waals surface area contributed by atoms with Gasteiger partial charge in [0.2, 0.25) is 6.10 Å². The Labute approximate surface area is 191 Å². The lowest BCUT2D eigenvalue weighted by Crippen LogP contribution is -2.48. The molecule has 1 atom stereocenters. The number of halogens is 1. The van der Waals surface area contributed by atoms with E-state index in [0.717, 1.165) is 16.0 Å². The van der Waals surface area contributed by atoms with Crippen LogP contribution in [-0.2, 0) is 4.79 Å². The molecule has 0 aliphatic carbocycles. The summed E-state index contributed by atoms with van der Waals surface area (Å²) in [6, 6.07) is 13.2. The first-order chi connectivity index (χ1) is 14.5. The number of anilines is 1. The second kappa shape index (κ2) is 10.2. The van der Waals surface area contributed by atoms with E-state index >= 15 is 0 Å². The van der Waals surface area contributed by atoms with E-state index in [1.165, 1.54) is 11.3 Å². The normalized spacial score (nSPS) is 14.9. The minimum absolute atomic E-state index is 0. The Bertz CT molecular complexity index is 1040. The van der Waals surface area contributed by atoms with Gasteiger partial charge in [0.05, 0.1) is 16.8 Å². The van der Waals surface area contributed by atoms with Gasteiger partial charge in [-0.1, -0.05) is 23.5 Å². The number of hydrogen-bond donors (Lipinski definition) is 0. The topological polar surface area (TPSA) is 64.1 Å². The minimum Gasteiger partial charge on any atom is -0.494 e. The molecule has 0 saturated heterocycles. The molecule has 0 radical (unpaired) electrons. The number of rotatable bonds is 7. The van der Waals surface area contributed by atoms with Crippen molar-refractivity contribution in [3.8, 4) is 17.2 Å². The molecule has 1 aromatic heterocycles. The molecule has 0 bridgehead atoms. The Balaban J connectivity index is 0.00000272. The molecule has 31 heavy (non-hydrogen) atoms. The molecule has 0 fully saturated rings. The van der Waals surface area contributed by atoms with Crippen LogP contribution in [0.3, 0.4) is 0 Å². The van der Waals surface area contributed by atoms with Crippen LogP contribution in [0.25, 0.3) is 10.2 Å². The third kappa shape index (κ3) is 5.20. The van der Waals surface area contributed by atoms with Gasteiger partial charge in [0.25, 0.3) is 5.91 Å². The molecule has 0 N–H and O–H groups in total. The number of nitrogens with zero attached hydrogens (tertiary/aromatic N) is 3. The van der Waals surface area contributed by atoms with Crippen molar-refractivity contribution in [2.45, 2.75) is 13.0 Å². The smallest absolute Gasteiger partial charge is 0.273 e. The lowest BCUT2D eigenvalue weighted by molar-refractivity contribution is -0.127. The van der Waals surface area contributed by atoms with Crippen molar-refractivity contribution in [1.29, 1.82) is 0 Å². The molecule has 4 rings (SSSR count). The van der Waals surface area contributed by atoms with E-state index in [9.17, 15) is 4.79 Å². The van der Waals surface area contributed by atoms with E-state index in [2.05, 4.69) is 0 Å². The van der Waals surface area contributed by atoms with Crippen molar-refractivity contribution in [2.24, 2.45) is 0 Å². The lowest BCUT2D eigenvalue weighted by atomic mass is 10.2. The highest BCUT2D eigenvalue weighted by Gasteiger charge is 2.33. The van der Waals surface area contributed by atoms with Gasteiger partial charge >= 0.3 is 0 Å². The largest absolute Gasteiger partial charge is 0.494 e. The third-order valence-electron chi connectivity index (χ3n) is 4.71. The number of carbonyl (C=O) groups excluding carboxylic acids is 1. The number of benzene rings is 2. The van der Waals surface area contributed by atoms with Crippen molar-refractivity contribution < 1.29 is 19.0 Å². The van der Waals surface area contributed by atoms with E-state index in [0.29, 0.717) is 36.3 Å². The average molecular weight is 464 g/mol. The number of carbonyl (C=O) groups is 1. The zero-order chi connectivity index (χ0) is 21.1. The van der Waals surface area contributed by atoms with E-state index in [4.69, 9.17) is 19.2 Å². The lowest BCUT2D eigenvalue weighted by Gasteiger charge is -2.30. The van der Waals surface area contributed by atoms with Crippen molar-refractivity contribution in [2.75, 3.05) is 45.3 Å². The molecular formula is C22H26ClN3O4S. The van der Waals surface area contributed by atoms with Crippen LogP contribution in [0.2, 0.25) is 0 Å². The van der Waals surface area contributed by atoms with Gasteiger partial charge in [0.1, 0.15) is 12.4 Å². The van der Waals surface area contributed by atoms with Gasteiger partial charge in [0, 0.05) is 13.1 Å². The predicted molar refractivity (Wildman–Crippen MR) is 125 cm³/mol. The number of aromatic nitrogens is 1. The fourth-order valence-electron chi connectivity index (χ4n) is 3.18. The summed E-state index contributed by atoms with van der Waals surface area (Å²) in [5.74, 6) is 1.88. The van der Waals surface area contributed by atoms with Crippen LogP contribution in [0.1, 0.15) is 6.92 Å². The zero-order valence-corrected chi connectivity index (χ0v) is 19.4. The maximum absolute atomic E-state index is 13.4. The fraction of sp³-hybridized carbons (Fsp3) is 0.364. The summed E-state index contributed by atoms with van der Waals surface area (Å²) in [7, 11) is 3.96. The average Bonchev–Trinajstić information content (AvgIpc) is 3.16. The van der Waals surface area contributed by atoms with Crippen molar-refractivity contribution in [3.05, 3.63) is 42.5 Å². The molecule has 2 heterocycles. The SMILES string of the molecule is CCOc1ccc2nc(N(CCN(C)C)C(=O)C3COc4ccccc4O3)sc2c1.Cl. The summed E-state index contributed by atoms with van der Waals surface area (Å²) in [5.41, 5.74) is 0.840. The Kier molecular flexibility index (Phi) is 7.59. The Hall–Kier alpha value is -2.55. The summed E-state index contributed by atoms with van der Waals surface area (Å²) in [6.45, 7) is 3.94. The highest BCUT2D eigenvalue weighted by Crippen LogP contribution is 2.34. The van der Waals surface area contributed by atoms with E-state index in [1.54, 1.807) is 4.90 Å². The molecule has 1 amide bonds. The van der Waals surface area contributed by atoms with Crippen molar-refractivity contribution in [3.63, 3.8) is 0 Å². The van der Waals surface area contributed by atoms with Gasteiger partial charge in [-0.2, -0.15) is 0 Å². The standard InChI is InChI=1S/C22H25N3O4S.ClH/c1-4-27-15-9-10-16-20(13-15)30-22(23-16)25(12-11-24(2)3)21(26)19-14-28-17-7-5-6-8-18(17)29-19;/h5-10,13,19H,4,11-12,14H2,1-3H3;1H. The highest BCUT2D eigenvalue weighted by atomic mass is 35.5. The van der Waals surface area contributed by atoms with Gasteiger partial charge in [0.15, 0.2) is 16.6 Å². The second-order valence-electron chi connectivity index (χ2n) is 7.22. The van der Waals surface area contributed by atoms with Crippen LogP contribution in [0, 0.1) is 0 Å². The number of para-hydroxylation sites is 2. The third-order valence-corrected chi connectivity index (χ3v) is 5.75. The first-order valence-corrected chi connectivity index (χ1v) is 10.7. The van der Waals surface area contributed by atoms with Crippen LogP contribution in [-0.4, -0.2) is 62.3 Å². The van der Waals surface area contributed by atoms with Crippen molar-refractivity contribution >= 4 is 45.0 Å². The first-order valence-electron chi connectivity index (χ1n) is 9.93. The Morgan fingerprint density at radius 3 is 2.71 bits per heavy atom. The summed E-state index contributed by atoms with van der Waals surface area (Å²) < 4.78 is 18.3. The van der Waals surface area contributed by atoms with E-state index < -0.39 is 6.10 Å². The van der Waals surface area contributed by atoms with Crippen LogP contribution in [0.5, 0.6) is 17.2 Å². The van der Waals surface area contributed by atoms with Crippen LogP contribution in [0.15, 0.2) is 42.5 Å².